The highest BCUT2D eigenvalue weighted by molar-refractivity contribution is 7.85. The van der Waals surface area contributed by atoms with Gasteiger partial charge in [-0.25, -0.2) is 0 Å². The highest BCUT2D eigenvalue weighted by Crippen LogP contribution is 2.32. The van der Waals surface area contributed by atoms with Crippen LogP contribution in [-0.4, -0.2) is 21.8 Å². The molecule has 19 heavy (non-hydrogen) atoms. The third-order valence-corrected chi connectivity index (χ3v) is 5.75. The van der Waals surface area contributed by atoms with Crippen LogP contribution in [0.2, 0.25) is 0 Å². The van der Waals surface area contributed by atoms with Crippen LogP contribution in [0.25, 0.3) is 10.4 Å². The van der Waals surface area contributed by atoms with Crippen molar-refractivity contribution in [2.24, 2.45) is 0 Å². The number of rotatable bonds is 3. The number of nitrogens with one attached hydrogen (secondary N) is 1. The molecule has 0 aliphatic carbocycles. The summed E-state index contributed by atoms with van der Waals surface area (Å²) >= 11 is 1.76. The maximum absolute atomic E-state index is 11.4. The molecule has 2 nitrogen and oxygen atoms in total. The number of benzene rings is 1. The van der Waals surface area contributed by atoms with Gasteiger partial charge in [0.25, 0.3) is 0 Å². The lowest BCUT2D eigenvalue weighted by Gasteiger charge is -2.24. The highest BCUT2D eigenvalue weighted by atomic mass is 32.2. The first-order chi connectivity index (χ1) is 9.33. The molecule has 0 amide bonds. The topological polar surface area (TPSA) is 29.1 Å². The summed E-state index contributed by atoms with van der Waals surface area (Å²) in [7, 11) is -0.592. The second-order valence-corrected chi connectivity index (χ2v) is 7.43. The molecule has 0 bridgehead atoms. The van der Waals surface area contributed by atoms with Crippen molar-refractivity contribution in [1.82, 2.24) is 0 Å². The van der Waals surface area contributed by atoms with Crippen LogP contribution in [0.1, 0.15) is 12.8 Å². The first kappa shape index (κ1) is 12.9. The normalized spacial score (nSPS) is 23.2. The maximum Gasteiger partial charge on any atom is 0.0430 e. The standard InChI is InChI=1S/C15H17NOS2/c17-19-10-7-12(8-11-19)16-14-5-2-1-4-13(14)15-6-3-9-18-15/h1-6,9,12,16H,7-8,10-11H2. The Morgan fingerprint density at radius 2 is 1.89 bits per heavy atom. The predicted molar refractivity (Wildman–Crippen MR) is 84.3 cm³/mol. The molecule has 1 N–H and O–H groups in total. The van der Waals surface area contributed by atoms with E-state index in [4.69, 9.17) is 0 Å². The zero-order chi connectivity index (χ0) is 13.1. The quantitative estimate of drug-likeness (QED) is 0.933. The van der Waals surface area contributed by atoms with Crippen LogP contribution in [0.3, 0.4) is 0 Å². The lowest BCUT2D eigenvalue weighted by atomic mass is 10.1. The van der Waals surface area contributed by atoms with E-state index >= 15 is 0 Å². The molecule has 2 heterocycles. The molecular weight excluding hydrogens is 274 g/mol. The minimum absolute atomic E-state index is 0.457. The molecule has 0 unspecified atom stereocenters. The molecule has 2 aromatic rings. The molecule has 3 rings (SSSR count). The van der Waals surface area contributed by atoms with E-state index in [1.807, 2.05) is 0 Å². The van der Waals surface area contributed by atoms with Gasteiger partial charge in [-0.3, -0.25) is 4.21 Å². The van der Waals surface area contributed by atoms with Crippen molar-refractivity contribution < 1.29 is 4.21 Å². The molecule has 4 heteroatoms. The van der Waals surface area contributed by atoms with Crippen LogP contribution in [0.15, 0.2) is 41.8 Å². The summed E-state index contributed by atoms with van der Waals surface area (Å²) in [5, 5.41) is 5.74. The summed E-state index contributed by atoms with van der Waals surface area (Å²) in [5.41, 5.74) is 2.46. The Bertz CT molecular complexity index is 555. The first-order valence-electron chi connectivity index (χ1n) is 6.57. The molecule has 1 aromatic carbocycles. The number of anilines is 1. The fourth-order valence-electron chi connectivity index (χ4n) is 2.41. The first-order valence-corrected chi connectivity index (χ1v) is 8.94. The molecule has 0 atom stereocenters. The monoisotopic (exact) mass is 291 g/mol. The Kier molecular flexibility index (Phi) is 3.99. The van der Waals surface area contributed by atoms with Crippen molar-refractivity contribution >= 4 is 27.8 Å². The van der Waals surface area contributed by atoms with Crippen LogP contribution >= 0.6 is 11.3 Å². The average Bonchev–Trinajstić information content (AvgIpc) is 2.96. The number of thiophene rings is 1. The third kappa shape index (κ3) is 3.07. The van der Waals surface area contributed by atoms with Crippen molar-refractivity contribution in [1.29, 1.82) is 0 Å². The Morgan fingerprint density at radius 3 is 2.63 bits per heavy atom. The summed E-state index contributed by atoms with van der Waals surface area (Å²) < 4.78 is 11.4. The van der Waals surface area contributed by atoms with E-state index in [9.17, 15) is 4.21 Å². The van der Waals surface area contributed by atoms with Crippen LogP contribution in [0.4, 0.5) is 5.69 Å². The smallest absolute Gasteiger partial charge is 0.0430 e. The second-order valence-electron chi connectivity index (χ2n) is 4.79. The zero-order valence-electron chi connectivity index (χ0n) is 10.7. The summed E-state index contributed by atoms with van der Waals surface area (Å²) in [6, 6.07) is 13.1. The van der Waals surface area contributed by atoms with Crippen LogP contribution in [0.5, 0.6) is 0 Å². The molecule has 1 aliphatic rings. The van der Waals surface area contributed by atoms with Crippen molar-refractivity contribution in [3.8, 4) is 10.4 Å². The van der Waals surface area contributed by atoms with Gasteiger partial charge in [-0.2, -0.15) is 0 Å². The summed E-state index contributed by atoms with van der Waals surface area (Å²) in [4.78, 5) is 1.29. The van der Waals surface area contributed by atoms with Gasteiger partial charge in [-0.15, -0.1) is 11.3 Å². The van der Waals surface area contributed by atoms with Gasteiger partial charge in [0.1, 0.15) is 0 Å². The summed E-state index contributed by atoms with van der Waals surface area (Å²) in [6.07, 6.45) is 2.01. The van der Waals surface area contributed by atoms with Crippen molar-refractivity contribution in [3.05, 3.63) is 41.8 Å². The minimum Gasteiger partial charge on any atom is -0.382 e. The van der Waals surface area contributed by atoms with Gasteiger partial charge in [-0.05, 0) is 30.4 Å². The molecule has 1 fully saturated rings. The van der Waals surface area contributed by atoms with E-state index in [0.717, 1.165) is 24.3 Å². The van der Waals surface area contributed by atoms with Crippen LogP contribution in [-0.2, 0) is 10.8 Å². The SMILES string of the molecule is O=S1CCC(Nc2ccccc2-c2cccs2)CC1. The lowest BCUT2D eigenvalue weighted by Crippen LogP contribution is -2.29. The Morgan fingerprint density at radius 1 is 1.11 bits per heavy atom. The highest BCUT2D eigenvalue weighted by Gasteiger charge is 2.18. The van der Waals surface area contributed by atoms with Crippen molar-refractivity contribution in [2.45, 2.75) is 18.9 Å². The Hall–Kier alpha value is -1.13. The van der Waals surface area contributed by atoms with Gasteiger partial charge in [0.15, 0.2) is 0 Å². The van der Waals surface area contributed by atoms with Gasteiger partial charge in [0.2, 0.25) is 0 Å². The van der Waals surface area contributed by atoms with Gasteiger partial charge < -0.3 is 5.32 Å². The lowest BCUT2D eigenvalue weighted by molar-refractivity contribution is 0.624. The average molecular weight is 291 g/mol. The number of hydrogen-bond acceptors (Lipinski definition) is 3. The minimum atomic E-state index is -0.592. The van der Waals surface area contributed by atoms with E-state index < -0.39 is 10.8 Å². The molecule has 1 aromatic heterocycles. The van der Waals surface area contributed by atoms with Gasteiger partial charge in [-0.1, -0.05) is 24.3 Å². The van der Waals surface area contributed by atoms with E-state index in [-0.39, 0.29) is 0 Å². The van der Waals surface area contributed by atoms with Crippen LogP contribution in [0, 0.1) is 0 Å². The molecule has 100 valence electrons. The van der Waals surface area contributed by atoms with Crippen LogP contribution < -0.4 is 5.32 Å². The molecule has 1 aliphatic heterocycles. The van der Waals surface area contributed by atoms with E-state index in [1.54, 1.807) is 11.3 Å². The molecule has 0 radical (unpaired) electrons. The molecule has 1 saturated heterocycles. The van der Waals surface area contributed by atoms with Crippen molar-refractivity contribution in [3.63, 3.8) is 0 Å². The Balaban J connectivity index is 1.79. The maximum atomic E-state index is 11.4. The second kappa shape index (κ2) is 5.88. The number of hydrogen-bond donors (Lipinski definition) is 1. The summed E-state index contributed by atoms with van der Waals surface area (Å²) in [6.45, 7) is 0. The van der Waals surface area contributed by atoms with E-state index in [2.05, 4.69) is 47.1 Å². The zero-order valence-corrected chi connectivity index (χ0v) is 12.3. The largest absolute Gasteiger partial charge is 0.382 e. The number of para-hydroxylation sites is 1. The van der Waals surface area contributed by atoms with E-state index in [1.165, 1.54) is 16.1 Å². The summed E-state index contributed by atoms with van der Waals surface area (Å²) in [5.74, 6) is 1.66. The predicted octanol–water partition coefficient (Wildman–Crippen LogP) is 3.74. The molecule has 0 saturated carbocycles. The van der Waals surface area contributed by atoms with Gasteiger partial charge in [0.05, 0.1) is 0 Å². The Labute approximate surface area is 120 Å². The van der Waals surface area contributed by atoms with E-state index in [0.29, 0.717) is 6.04 Å². The van der Waals surface area contributed by atoms with Gasteiger partial charge in [0, 0.05) is 44.5 Å². The fourth-order valence-corrected chi connectivity index (χ4v) is 4.48. The van der Waals surface area contributed by atoms with Crippen molar-refractivity contribution in [2.75, 3.05) is 16.8 Å². The molecule has 0 spiro atoms. The third-order valence-electron chi connectivity index (χ3n) is 3.46. The fraction of sp³-hybridized carbons (Fsp3) is 0.333. The van der Waals surface area contributed by atoms with Gasteiger partial charge >= 0.3 is 0 Å². The molecular formula is C15H17NOS2.